The molecule has 0 aromatic carbocycles. The van der Waals surface area contributed by atoms with Crippen LogP contribution in [0.1, 0.15) is 65.4 Å². The molecule has 0 aliphatic carbocycles. The van der Waals surface area contributed by atoms with E-state index in [0.717, 1.165) is 6.42 Å². The standard InChI is InChI=1S/C15H25N/c1-8-12-11(14(2,3)4)9-10-13(16-12)15(5,6)7/h9-10H,8H2,1-7H3. The lowest BCUT2D eigenvalue weighted by Crippen LogP contribution is -2.19. The highest BCUT2D eigenvalue weighted by atomic mass is 14.7. The van der Waals surface area contributed by atoms with Crippen molar-refractivity contribution >= 4 is 0 Å². The second-order valence-electron chi connectivity index (χ2n) is 6.54. The molecule has 16 heavy (non-hydrogen) atoms. The normalized spacial score (nSPS) is 12.9. The van der Waals surface area contributed by atoms with Gasteiger partial charge < -0.3 is 0 Å². The fraction of sp³-hybridized carbons (Fsp3) is 0.667. The van der Waals surface area contributed by atoms with Crippen LogP contribution in [0, 0.1) is 0 Å². The van der Waals surface area contributed by atoms with E-state index in [1.807, 2.05) is 0 Å². The number of aryl methyl sites for hydroxylation is 1. The van der Waals surface area contributed by atoms with Crippen LogP contribution in [0.4, 0.5) is 0 Å². The number of hydrogen-bond donors (Lipinski definition) is 0. The van der Waals surface area contributed by atoms with Crippen molar-refractivity contribution in [2.75, 3.05) is 0 Å². The number of pyridine rings is 1. The van der Waals surface area contributed by atoms with Gasteiger partial charge in [-0.15, -0.1) is 0 Å². The average molecular weight is 219 g/mol. The molecule has 0 aliphatic heterocycles. The van der Waals surface area contributed by atoms with Crippen molar-refractivity contribution in [3.05, 3.63) is 29.1 Å². The van der Waals surface area contributed by atoms with E-state index in [9.17, 15) is 0 Å². The topological polar surface area (TPSA) is 12.9 Å². The van der Waals surface area contributed by atoms with E-state index in [2.05, 4.69) is 60.6 Å². The van der Waals surface area contributed by atoms with Gasteiger partial charge in [-0.05, 0) is 23.5 Å². The molecule has 0 spiro atoms. The Hall–Kier alpha value is -0.850. The third kappa shape index (κ3) is 2.84. The molecule has 1 aromatic heterocycles. The summed E-state index contributed by atoms with van der Waals surface area (Å²) in [4.78, 5) is 4.83. The van der Waals surface area contributed by atoms with E-state index >= 15 is 0 Å². The minimum atomic E-state index is 0.139. The summed E-state index contributed by atoms with van der Waals surface area (Å²) in [6.07, 6.45) is 1.01. The van der Waals surface area contributed by atoms with Gasteiger partial charge in [0, 0.05) is 16.8 Å². The van der Waals surface area contributed by atoms with Crippen LogP contribution in [0.2, 0.25) is 0 Å². The zero-order chi connectivity index (χ0) is 12.6. The lowest BCUT2D eigenvalue weighted by atomic mass is 9.83. The lowest BCUT2D eigenvalue weighted by molar-refractivity contribution is 0.548. The minimum Gasteiger partial charge on any atom is -0.257 e. The molecule has 90 valence electrons. The molecule has 0 fully saturated rings. The van der Waals surface area contributed by atoms with Gasteiger partial charge >= 0.3 is 0 Å². The number of aromatic nitrogens is 1. The van der Waals surface area contributed by atoms with Crippen molar-refractivity contribution in [1.82, 2.24) is 4.98 Å². The first-order chi connectivity index (χ1) is 7.16. The molecule has 0 bridgehead atoms. The Morgan fingerprint density at radius 2 is 1.50 bits per heavy atom. The Morgan fingerprint density at radius 1 is 0.938 bits per heavy atom. The molecule has 0 amide bonds. The summed E-state index contributed by atoms with van der Waals surface area (Å²) in [5, 5.41) is 0. The van der Waals surface area contributed by atoms with E-state index in [-0.39, 0.29) is 10.8 Å². The average Bonchev–Trinajstić information content (AvgIpc) is 2.14. The summed E-state index contributed by atoms with van der Waals surface area (Å²) in [5.41, 5.74) is 4.15. The third-order valence-corrected chi connectivity index (χ3v) is 2.89. The van der Waals surface area contributed by atoms with Crippen LogP contribution in [-0.2, 0) is 17.3 Å². The van der Waals surface area contributed by atoms with Crippen LogP contribution in [-0.4, -0.2) is 4.98 Å². The Labute approximate surface area is 100 Å². The molecule has 0 saturated carbocycles. The van der Waals surface area contributed by atoms with Crippen LogP contribution >= 0.6 is 0 Å². The molecule has 1 rings (SSSR count). The van der Waals surface area contributed by atoms with Gasteiger partial charge in [-0.1, -0.05) is 54.5 Å². The molecule has 0 atom stereocenters. The summed E-state index contributed by atoms with van der Waals surface area (Å²) in [6, 6.07) is 4.44. The first-order valence-electron chi connectivity index (χ1n) is 6.17. The highest BCUT2D eigenvalue weighted by molar-refractivity contribution is 5.31. The maximum atomic E-state index is 4.83. The Balaban J connectivity index is 3.28. The van der Waals surface area contributed by atoms with Gasteiger partial charge in [0.05, 0.1) is 0 Å². The molecule has 0 N–H and O–H groups in total. The van der Waals surface area contributed by atoms with E-state index < -0.39 is 0 Å². The van der Waals surface area contributed by atoms with Crippen molar-refractivity contribution in [3.63, 3.8) is 0 Å². The molecule has 1 heteroatoms. The fourth-order valence-electron chi connectivity index (χ4n) is 1.87. The van der Waals surface area contributed by atoms with Crippen molar-refractivity contribution in [3.8, 4) is 0 Å². The molecule has 1 nitrogen and oxygen atoms in total. The lowest BCUT2D eigenvalue weighted by Gasteiger charge is -2.25. The predicted molar refractivity (Wildman–Crippen MR) is 71.0 cm³/mol. The van der Waals surface area contributed by atoms with Gasteiger partial charge in [0.15, 0.2) is 0 Å². The third-order valence-electron chi connectivity index (χ3n) is 2.89. The van der Waals surface area contributed by atoms with Crippen LogP contribution < -0.4 is 0 Å². The van der Waals surface area contributed by atoms with Crippen molar-refractivity contribution in [2.45, 2.75) is 65.7 Å². The zero-order valence-electron chi connectivity index (χ0n) is 11.8. The van der Waals surface area contributed by atoms with Gasteiger partial charge in [0.1, 0.15) is 0 Å². The largest absolute Gasteiger partial charge is 0.257 e. The zero-order valence-corrected chi connectivity index (χ0v) is 11.8. The van der Waals surface area contributed by atoms with Crippen LogP contribution in [0.3, 0.4) is 0 Å². The Kier molecular flexibility index (Phi) is 3.47. The number of rotatable bonds is 1. The number of nitrogens with zero attached hydrogens (tertiary/aromatic N) is 1. The fourth-order valence-corrected chi connectivity index (χ4v) is 1.87. The van der Waals surface area contributed by atoms with Crippen molar-refractivity contribution < 1.29 is 0 Å². The summed E-state index contributed by atoms with van der Waals surface area (Å²) >= 11 is 0. The predicted octanol–water partition coefficient (Wildman–Crippen LogP) is 4.24. The van der Waals surface area contributed by atoms with Crippen molar-refractivity contribution in [1.29, 1.82) is 0 Å². The molecule has 1 aromatic rings. The molecule has 0 saturated heterocycles. The molecule has 0 unspecified atom stereocenters. The smallest absolute Gasteiger partial charge is 0.0460 e. The first-order valence-corrected chi connectivity index (χ1v) is 6.17. The molecular weight excluding hydrogens is 194 g/mol. The number of hydrogen-bond acceptors (Lipinski definition) is 1. The monoisotopic (exact) mass is 219 g/mol. The molecule has 0 radical (unpaired) electrons. The van der Waals surface area contributed by atoms with E-state index in [1.165, 1.54) is 17.0 Å². The highest BCUT2D eigenvalue weighted by Gasteiger charge is 2.21. The van der Waals surface area contributed by atoms with Gasteiger partial charge in [-0.2, -0.15) is 0 Å². The van der Waals surface area contributed by atoms with E-state index in [0.29, 0.717) is 0 Å². The summed E-state index contributed by atoms with van der Waals surface area (Å²) in [7, 11) is 0. The van der Waals surface area contributed by atoms with Gasteiger partial charge in [-0.3, -0.25) is 4.98 Å². The van der Waals surface area contributed by atoms with E-state index in [4.69, 9.17) is 4.98 Å². The first kappa shape index (κ1) is 13.2. The van der Waals surface area contributed by atoms with Crippen LogP contribution in [0.25, 0.3) is 0 Å². The van der Waals surface area contributed by atoms with Gasteiger partial charge in [0.25, 0.3) is 0 Å². The van der Waals surface area contributed by atoms with Gasteiger partial charge in [0.2, 0.25) is 0 Å². The molecular formula is C15H25N. The van der Waals surface area contributed by atoms with Gasteiger partial charge in [-0.25, -0.2) is 0 Å². The Bertz CT molecular complexity index is 364. The van der Waals surface area contributed by atoms with Crippen molar-refractivity contribution in [2.24, 2.45) is 0 Å². The summed E-state index contributed by atoms with van der Waals surface area (Å²) < 4.78 is 0. The molecule has 0 aliphatic rings. The Morgan fingerprint density at radius 3 is 1.88 bits per heavy atom. The maximum absolute atomic E-state index is 4.83. The second kappa shape index (κ2) is 4.20. The SMILES string of the molecule is CCc1nc(C(C)(C)C)ccc1C(C)(C)C. The summed E-state index contributed by atoms with van der Waals surface area (Å²) in [6.45, 7) is 15.6. The van der Waals surface area contributed by atoms with E-state index in [1.54, 1.807) is 0 Å². The maximum Gasteiger partial charge on any atom is 0.0460 e. The molecule has 1 heterocycles. The minimum absolute atomic E-state index is 0.139. The highest BCUT2D eigenvalue weighted by Crippen LogP contribution is 2.28. The van der Waals surface area contributed by atoms with Crippen LogP contribution in [0.15, 0.2) is 12.1 Å². The summed E-state index contributed by atoms with van der Waals surface area (Å²) in [5.74, 6) is 0. The second-order valence-corrected chi connectivity index (χ2v) is 6.54. The quantitative estimate of drug-likeness (QED) is 0.688. The van der Waals surface area contributed by atoms with Crippen LogP contribution in [0.5, 0.6) is 0 Å².